The molecule has 104 valence electrons. The summed E-state index contributed by atoms with van der Waals surface area (Å²) >= 11 is 0. The maximum absolute atomic E-state index is 11.9. The molecule has 0 fully saturated rings. The summed E-state index contributed by atoms with van der Waals surface area (Å²) in [5, 5.41) is 13.6. The Morgan fingerprint density at radius 1 is 1.25 bits per heavy atom. The van der Waals surface area contributed by atoms with Gasteiger partial charge in [0.15, 0.2) is 0 Å². The molecule has 20 heavy (non-hydrogen) atoms. The molecule has 0 atom stereocenters. The Labute approximate surface area is 116 Å². The first-order valence-corrected chi connectivity index (χ1v) is 6.19. The van der Waals surface area contributed by atoms with Crippen molar-refractivity contribution in [2.45, 2.75) is 20.8 Å². The number of phenolic OH excluding ortho intramolecular Hbond substituents is 1. The van der Waals surface area contributed by atoms with Crippen molar-refractivity contribution in [3.05, 3.63) is 53.0 Å². The van der Waals surface area contributed by atoms with E-state index in [4.69, 9.17) is 4.42 Å². The zero-order valence-electron chi connectivity index (χ0n) is 11.6. The van der Waals surface area contributed by atoms with Gasteiger partial charge in [-0.1, -0.05) is 12.1 Å². The second kappa shape index (κ2) is 5.61. The number of nitrogens with zero attached hydrogens (tertiary/aromatic N) is 1. The van der Waals surface area contributed by atoms with Crippen LogP contribution in [0, 0.1) is 13.8 Å². The molecule has 5 heteroatoms. The zero-order valence-corrected chi connectivity index (χ0v) is 11.6. The van der Waals surface area contributed by atoms with Crippen molar-refractivity contribution in [2.75, 3.05) is 0 Å². The summed E-state index contributed by atoms with van der Waals surface area (Å²) in [6.45, 7) is 5.47. The van der Waals surface area contributed by atoms with Crippen LogP contribution in [0.5, 0.6) is 5.75 Å². The molecule has 0 aliphatic carbocycles. The van der Waals surface area contributed by atoms with E-state index in [2.05, 4.69) is 10.5 Å². The SMILES string of the molecule is CC(=NNC(=O)c1ccccc1O)c1cc(C)oc1C. The van der Waals surface area contributed by atoms with Gasteiger partial charge in [-0.2, -0.15) is 5.10 Å². The van der Waals surface area contributed by atoms with Crippen molar-refractivity contribution < 1.29 is 14.3 Å². The molecule has 0 saturated heterocycles. The highest BCUT2D eigenvalue weighted by molar-refractivity contribution is 6.02. The van der Waals surface area contributed by atoms with Gasteiger partial charge in [0.25, 0.3) is 5.91 Å². The fourth-order valence-electron chi connectivity index (χ4n) is 1.91. The number of nitrogens with one attached hydrogen (secondary N) is 1. The van der Waals surface area contributed by atoms with E-state index in [0.717, 1.165) is 17.1 Å². The van der Waals surface area contributed by atoms with Crippen LogP contribution in [0.2, 0.25) is 0 Å². The van der Waals surface area contributed by atoms with Gasteiger partial charge in [0, 0.05) is 5.56 Å². The van der Waals surface area contributed by atoms with Crippen molar-refractivity contribution in [3.8, 4) is 5.75 Å². The monoisotopic (exact) mass is 272 g/mol. The van der Waals surface area contributed by atoms with Crippen LogP contribution < -0.4 is 5.43 Å². The van der Waals surface area contributed by atoms with E-state index in [1.807, 2.05) is 19.9 Å². The molecule has 0 unspecified atom stereocenters. The van der Waals surface area contributed by atoms with Gasteiger partial charge in [-0.25, -0.2) is 5.43 Å². The first-order chi connectivity index (χ1) is 9.49. The molecule has 0 radical (unpaired) electrons. The second-order valence-electron chi connectivity index (χ2n) is 4.48. The van der Waals surface area contributed by atoms with Crippen LogP contribution in [0.3, 0.4) is 0 Å². The number of hydrogen-bond donors (Lipinski definition) is 2. The molecule has 0 aliphatic heterocycles. The van der Waals surface area contributed by atoms with Crippen LogP contribution in [0.4, 0.5) is 0 Å². The van der Waals surface area contributed by atoms with Crippen LogP contribution in [0.1, 0.15) is 34.4 Å². The Balaban J connectivity index is 2.15. The maximum atomic E-state index is 11.9. The lowest BCUT2D eigenvalue weighted by molar-refractivity contribution is 0.0952. The van der Waals surface area contributed by atoms with Crippen molar-refractivity contribution in [2.24, 2.45) is 5.10 Å². The third-order valence-electron chi connectivity index (χ3n) is 2.90. The number of para-hydroxylation sites is 1. The molecule has 1 amide bonds. The van der Waals surface area contributed by atoms with E-state index in [0.29, 0.717) is 5.71 Å². The molecule has 2 rings (SSSR count). The number of carbonyl (C=O) groups is 1. The molecule has 5 nitrogen and oxygen atoms in total. The standard InChI is InChI=1S/C15H16N2O3/c1-9-8-13(11(3)20-9)10(2)16-17-15(19)12-6-4-5-7-14(12)18/h4-8,18H,1-3H3,(H,17,19). The Morgan fingerprint density at radius 2 is 1.95 bits per heavy atom. The Hall–Kier alpha value is -2.56. The minimum atomic E-state index is -0.458. The van der Waals surface area contributed by atoms with Crippen molar-refractivity contribution in [1.82, 2.24) is 5.43 Å². The largest absolute Gasteiger partial charge is 0.507 e. The lowest BCUT2D eigenvalue weighted by atomic mass is 10.2. The molecule has 1 aromatic carbocycles. The van der Waals surface area contributed by atoms with Crippen LogP contribution >= 0.6 is 0 Å². The number of phenols is 1. The van der Waals surface area contributed by atoms with Crippen molar-refractivity contribution in [1.29, 1.82) is 0 Å². The van der Waals surface area contributed by atoms with E-state index in [1.165, 1.54) is 12.1 Å². The maximum Gasteiger partial charge on any atom is 0.275 e. The average molecular weight is 272 g/mol. The topological polar surface area (TPSA) is 74.8 Å². The van der Waals surface area contributed by atoms with Gasteiger partial charge in [-0.15, -0.1) is 0 Å². The fourth-order valence-corrected chi connectivity index (χ4v) is 1.91. The molecule has 0 bridgehead atoms. The number of amides is 1. The zero-order chi connectivity index (χ0) is 14.7. The second-order valence-corrected chi connectivity index (χ2v) is 4.48. The molecule has 1 aromatic heterocycles. The summed E-state index contributed by atoms with van der Waals surface area (Å²) in [6, 6.07) is 8.17. The van der Waals surface area contributed by atoms with E-state index in [9.17, 15) is 9.90 Å². The number of aryl methyl sites for hydroxylation is 2. The first-order valence-electron chi connectivity index (χ1n) is 6.19. The summed E-state index contributed by atoms with van der Waals surface area (Å²) in [7, 11) is 0. The molecule has 2 aromatic rings. The van der Waals surface area contributed by atoms with Gasteiger partial charge in [-0.3, -0.25) is 4.79 Å². The van der Waals surface area contributed by atoms with Crippen LogP contribution in [0.25, 0.3) is 0 Å². The third kappa shape index (κ3) is 2.88. The van der Waals surface area contributed by atoms with Crippen LogP contribution in [-0.4, -0.2) is 16.7 Å². The normalized spacial score (nSPS) is 11.4. The number of rotatable bonds is 3. The summed E-state index contributed by atoms with van der Waals surface area (Å²) in [5.74, 6) is 1.01. The third-order valence-corrected chi connectivity index (χ3v) is 2.90. The predicted molar refractivity (Wildman–Crippen MR) is 76.0 cm³/mol. The van der Waals surface area contributed by atoms with Gasteiger partial charge < -0.3 is 9.52 Å². The summed E-state index contributed by atoms with van der Waals surface area (Å²) < 4.78 is 5.41. The van der Waals surface area contributed by atoms with Gasteiger partial charge in [-0.05, 0) is 39.0 Å². The Kier molecular flexibility index (Phi) is 3.89. The number of aromatic hydroxyl groups is 1. The summed E-state index contributed by atoms with van der Waals surface area (Å²) in [4.78, 5) is 11.9. The fraction of sp³-hybridized carbons (Fsp3) is 0.200. The Morgan fingerprint density at radius 3 is 2.55 bits per heavy atom. The van der Waals surface area contributed by atoms with Gasteiger partial charge in [0.05, 0.1) is 11.3 Å². The van der Waals surface area contributed by atoms with E-state index < -0.39 is 5.91 Å². The molecule has 1 heterocycles. The van der Waals surface area contributed by atoms with Gasteiger partial charge >= 0.3 is 0 Å². The quantitative estimate of drug-likeness (QED) is 0.666. The minimum absolute atomic E-state index is 0.0758. The number of carbonyl (C=O) groups excluding carboxylic acids is 1. The molecule has 0 spiro atoms. The molecular formula is C15H16N2O3. The lowest BCUT2D eigenvalue weighted by Gasteiger charge is -2.03. The number of benzene rings is 1. The van der Waals surface area contributed by atoms with Crippen molar-refractivity contribution >= 4 is 11.6 Å². The predicted octanol–water partition coefficient (Wildman–Crippen LogP) is 2.76. The first kappa shape index (κ1) is 13.9. The highest BCUT2D eigenvalue weighted by atomic mass is 16.3. The number of hydrazone groups is 1. The van der Waals surface area contributed by atoms with E-state index in [1.54, 1.807) is 19.1 Å². The van der Waals surface area contributed by atoms with Crippen LogP contribution in [0.15, 0.2) is 39.9 Å². The van der Waals surface area contributed by atoms with E-state index in [-0.39, 0.29) is 11.3 Å². The summed E-state index contributed by atoms with van der Waals surface area (Å²) in [6.07, 6.45) is 0. The molecule has 0 saturated carbocycles. The lowest BCUT2D eigenvalue weighted by Crippen LogP contribution is -2.19. The molecule has 2 N–H and O–H groups in total. The highest BCUT2D eigenvalue weighted by Gasteiger charge is 2.11. The number of furan rings is 1. The Bertz CT molecular complexity index is 672. The van der Waals surface area contributed by atoms with Crippen molar-refractivity contribution in [3.63, 3.8) is 0 Å². The molecule has 0 aliphatic rings. The summed E-state index contributed by atoms with van der Waals surface area (Å²) in [5.41, 5.74) is 4.10. The van der Waals surface area contributed by atoms with Crippen LogP contribution in [-0.2, 0) is 0 Å². The van der Waals surface area contributed by atoms with Gasteiger partial charge in [0.2, 0.25) is 0 Å². The smallest absolute Gasteiger partial charge is 0.275 e. The van der Waals surface area contributed by atoms with E-state index >= 15 is 0 Å². The molecular weight excluding hydrogens is 256 g/mol. The number of hydrogen-bond acceptors (Lipinski definition) is 4. The highest BCUT2D eigenvalue weighted by Crippen LogP contribution is 2.16. The van der Waals surface area contributed by atoms with Gasteiger partial charge in [0.1, 0.15) is 17.3 Å². The minimum Gasteiger partial charge on any atom is -0.507 e. The average Bonchev–Trinajstić information content (AvgIpc) is 2.75.